The summed E-state index contributed by atoms with van der Waals surface area (Å²) in [5.41, 5.74) is 2.54. The zero-order valence-electron chi connectivity index (χ0n) is 22.6. The van der Waals surface area contributed by atoms with Crippen LogP contribution in [0.4, 0.5) is 0 Å². The number of quaternary nitrogens is 1. The average Bonchev–Trinajstić information content (AvgIpc) is 2.86. The van der Waals surface area contributed by atoms with E-state index in [-0.39, 0.29) is 18.8 Å². The first kappa shape index (κ1) is 28.9. The quantitative estimate of drug-likeness (QED) is 0.0945. The maximum absolute atomic E-state index is 12.6. The second-order valence-corrected chi connectivity index (χ2v) is 10.4. The summed E-state index contributed by atoms with van der Waals surface area (Å²) in [6, 6.07) is 18.1. The monoisotopic (exact) mass is 482 g/mol. The summed E-state index contributed by atoms with van der Waals surface area (Å²) in [7, 11) is 4.10. The molecule has 1 atom stereocenters. The molecule has 2 rings (SSSR count). The lowest BCUT2D eigenvalue weighted by Gasteiger charge is -2.34. The first-order valence-corrected chi connectivity index (χ1v) is 13.7. The molecule has 0 radical (unpaired) electrons. The number of esters is 1. The molecular formula is C31H48NO3+. The van der Waals surface area contributed by atoms with Crippen LogP contribution in [0.25, 0.3) is 0 Å². The minimum absolute atomic E-state index is 0.0632. The van der Waals surface area contributed by atoms with Crippen LogP contribution < -0.4 is 4.74 Å². The highest BCUT2D eigenvalue weighted by Crippen LogP contribution is 2.17. The summed E-state index contributed by atoms with van der Waals surface area (Å²) >= 11 is 0. The number of hydrogen-bond acceptors (Lipinski definition) is 3. The lowest BCUT2D eigenvalue weighted by molar-refractivity contribution is -0.917. The molecule has 0 aliphatic carbocycles. The van der Waals surface area contributed by atoms with Crippen molar-refractivity contribution in [2.24, 2.45) is 0 Å². The van der Waals surface area contributed by atoms with Gasteiger partial charge in [-0.05, 0) is 37.5 Å². The van der Waals surface area contributed by atoms with Gasteiger partial charge in [0.1, 0.15) is 12.3 Å². The van der Waals surface area contributed by atoms with E-state index in [0.29, 0.717) is 4.48 Å². The highest BCUT2D eigenvalue weighted by atomic mass is 16.7. The van der Waals surface area contributed by atoms with E-state index in [9.17, 15) is 4.79 Å². The van der Waals surface area contributed by atoms with E-state index in [1.807, 2.05) is 51.4 Å². The molecule has 0 aliphatic rings. The Bertz CT molecular complexity index is 817. The summed E-state index contributed by atoms with van der Waals surface area (Å²) in [5.74, 6) is 0.485. The molecule has 0 N–H and O–H groups in total. The van der Waals surface area contributed by atoms with Gasteiger partial charge >= 0.3 is 5.97 Å². The third-order valence-electron chi connectivity index (χ3n) is 6.99. The Hall–Kier alpha value is -2.33. The molecule has 2 aromatic rings. The Labute approximate surface area is 214 Å². The number of likely N-dealkylation sites (N-methyl/N-ethyl adjacent to an activating group) is 1. The third kappa shape index (κ3) is 11.8. The lowest BCUT2D eigenvalue weighted by Crippen LogP contribution is -2.51. The van der Waals surface area contributed by atoms with Crippen molar-refractivity contribution in [2.45, 2.75) is 97.1 Å². The van der Waals surface area contributed by atoms with Gasteiger partial charge in [0.05, 0.1) is 14.1 Å². The first-order chi connectivity index (χ1) is 16.9. The standard InChI is InChI=1S/C31H48NO3/c1-5-6-7-8-9-10-11-12-13-15-18-28-21-23-30(24-22-28)34-26-35-31(33)27(2)32(3,4)25-29-19-16-14-17-20-29/h14,16-17,19-24,27H,5-13,15,18,25-26H2,1-4H3/q+1. The van der Waals surface area contributed by atoms with Crippen LogP contribution in [0.15, 0.2) is 54.6 Å². The molecule has 194 valence electrons. The van der Waals surface area contributed by atoms with E-state index in [1.54, 1.807) is 0 Å². The highest BCUT2D eigenvalue weighted by Gasteiger charge is 2.32. The van der Waals surface area contributed by atoms with Crippen molar-refractivity contribution >= 4 is 5.97 Å². The number of unbranched alkanes of at least 4 members (excludes halogenated alkanes) is 9. The summed E-state index contributed by atoms with van der Waals surface area (Å²) in [4.78, 5) is 12.6. The molecule has 35 heavy (non-hydrogen) atoms. The Balaban J connectivity index is 1.59. The molecule has 0 aliphatic heterocycles. The molecule has 0 saturated heterocycles. The van der Waals surface area contributed by atoms with E-state index < -0.39 is 0 Å². The predicted molar refractivity (Wildman–Crippen MR) is 145 cm³/mol. The second kappa shape index (κ2) is 16.4. The van der Waals surface area contributed by atoms with Gasteiger partial charge in [-0.25, -0.2) is 4.79 Å². The van der Waals surface area contributed by atoms with Gasteiger partial charge in [0.2, 0.25) is 6.79 Å². The number of nitrogens with zero attached hydrogens (tertiary/aromatic N) is 1. The minimum atomic E-state index is -0.290. The van der Waals surface area contributed by atoms with E-state index in [0.717, 1.165) is 18.7 Å². The van der Waals surface area contributed by atoms with Gasteiger partial charge in [-0.2, -0.15) is 0 Å². The summed E-state index contributed by atoms with van der Waals surface area (Å²) in [6.07, 6.45) is 14.7. The smallest absolute Gasteiger partial charge is 0.367 e. The third-order valence-corrected chi connectivity index (χ3v) is 6.99. The van der Waals surface area contributed by atoms with E-state index in [4.69, 9.17) is 9.47 Å². The summed E-state index contributed by atoms with van der Waals surface area (Å²) in [5, 5.41) is 0. The van der Waals surface area contributed by atoms with Gasteiger partial charge < -0.3 is 14.0 Å². The van der Waals surface area contributed by atoms with Gasteiger partial charge in [-0.3, -0.25) is 0 Å². The average molecular weight is 483 g/mol. The number of rotatable bonds is 18. The van der Waals surface area contributed by atoms with Crippen LogP contribution >= 0.6 is 0 Å². The fourth-order valence-electron chi connectivity index (χ4n) is 4.32. The Kier molecular flexibility index (Phi) is 13.5. The van der Waals surface area contributed by atoms with Crippen LogP contribution in [0.5, 0.6) is 5.75 Å². The second-order valence-electron chi connectivity index (χ2n) is 10.4. The number of aryl methyl sites for hydroxylation is 1. The van der Waals surface area contributed by atoms with Crippen molar-refractivity contribution in [3.05, 3.63) is 65.7 Å². The fourth-order valence-corrected chi connectivity index (χ4v) is 4.32. The van der Waals surface area contributed by atoms with Crippen LogP contribution in [-0.4, -0.2) is 37.4 Å². The van der Waals surface area contributed by atoms with Crippen LogP contribution in [0.2, 0.25) is 0 Å². The number of hydrogen-bond donors (Lipinski definition) is 0. The predicted octanol–water partition coefficient (Wildman–Crippen LogP) is 7.69. The number of carbonyl (C=O) groups is 1. The Morgan fingerprint density at radius 2 is 1.34 bits per heavy atom. The minimum Gasteiger partial charge on any atom is -0.457 e. The molecule has 1 unspecified atom stereocenters. The van der Waals surface area contributed by atoms with Crippen molar-refractivity contribution in [3.63, 3.8) is 0 Å². The van der Waals surface area contributed by atoms with Crippen LogP contribution in [0.3, 0.4) is 0 Å². The molecule has 0 spiro atoms. The number of carbonyl (C=O) groups excluding carboxylic acids is 1. The molecule has 0 aromatic heterocycles. The molecule has 2 aromatic carbocycles. The molecule has 0 heterocycles. The molecule has 0 fully saturated rings. The Morgan fingerprint density at radius 3 is 1.94 bits per heavy atom. The van der Waals surface area contributed by atoms with E-state index >= 15 is 0 Å². The largest absolute Gasteiger partial charge is 0.457 e. The number of benzene rings is 2. The molecule has 0 saturated carbocycles. The van der Waals surface area contributed by atoms with Crippen molar-refractivity contribution < 1.29 is 18.8 Å². The summed E-state index contributed by atoms with van der Waals surface area (Å²) in [6.45, 7) is 4.88. The first-order valence-electron chi connectivity index (χ1n) is 13.7. The van der Waals surface area contributed by atoms with Crippen molar-refractivity contribution in [3.8, 4) is 5.75 Å². The maximum Gasteiger partial charge on any atom is 0.367 e. The molecule has 4 heteroatoms. The van der Waals surface area contributed by atoms with Gasteiger partial charge in [-0.15, -0.1) is 0 Å². The zero-order valence-corrected chi connectivity index (χ0v) is 22.6. The lowest BCUT2D eigenvalue weighted by atomic mass is 10.0. The normalized spacial score (nSPS) is 12.3. The van der Waals surface area contributed by atoms with Gasteiger partial charge in [0.25, 0.3) is 0 Å². The van der Waals surface area contributed by atoms with Gasteiger partial charge in [0, 0.05) is 5.56 Å². The zero-order chi connectivity index (χ0) is 25.4. The van der Waals surface area contributed by atoms with E-state index in [1.165, 1.54) is 75.3 Å². The fraction of sp³-hybridized carbons (Fsp3) is 0.581. The van der Waals surface area contributed by atoms with Crippen LogP contribution in [-0.2, 0) is 22.5 Å². The Morgan fingerprint density at radius 1 is 0.771 bits per heavy atom. The van der Waals surface area contributed by atoms with Crippen molar-refractivity contribution in [1.29, 1.82) is 0 Å². The molecule has 0 amide bonds. The molecular weight excluding hydrogens is 434 g/mol. The number of ether oxygens (including phenoxy) is 2. The SMILES string of the molecule is CCCCCCCCCCCCc1ccc(OCOC(=O)C(C)[N+](C)(C)Cc2ccccc2)cc1. The van der Waals surface area contributed by atoms with Crippen LogP contribution in [0.1, 0.15) is 89.2 Å². The van der Waals surface area contributed by atoms with Gasteiger partial charge in [-0.1, -0.05) is 107 Å². The molecule has 0 bridgehead atoms. The molecule has 4 nitrogen and oxygen atoms in total. The van der Waals surface area contributed by atoms with Gasteiger partial charge in [0.15, 0.2) is 6.04 Å². The van der Waals surface area contributed by atoms with Crippen molar-refractivity contribution in [2.75, 3.05) is 20.9 Å². The topological polar surface area (TPSA) is 35.5 Å². The maximum atomic E-state index is 12.6. The summed E-state index contributed by atoms with van der Waals surface area (Å²) < 4.78 is 11.6. The van der Waals surface area contributed by atoms with Crippen molar-refractivity contribution in [1.82, 2.24) is 0 Å². The highest BCUT2D eigenvalue weighted by molar-refractivity contribution is 5.74. The van der Waals surface area contributed by atoms with E-state index in [2.05, 4.69) is 31.2 Å². The van der Waals surface area contributed by atoms with Crippen LogP contribution in [0, 0.1) is 0 Å².